The van der Waals surface area contributed by atoms with Crippen molar-refractivity contribution in [1.82, 2.24) is 0 Å². The number of hydrogen-bond donors (Lipinski definition) is 1. The Morgan fingerprint density at radius 3 is 2.73 bits per heavy atom. The SMILES string of the molecule is Cc1ccccc1N/C=C1/CCCC1=O. The lowest BCUT2D eigenvalue weighted by Crippen LogP contribution is -1.97. The van der Waals surface area contributed by atoms with Crippen molar-refractivity contribution >= 4 is 11.5 Å². The van der Waals surface area contributed by atoms with E-state index in [0.29, 0.717) is 6.42 Å². The summed E-state index contributed by atoms with van der Waals surface area (Å²) in [4.78, 5) is 11.4. The lowest BCUT2D eigenvalue weighted by molar-refractivity contribution is -0.114. The van der Waals surface area contributed by atoms with Crippen LogP contribution < -0.4 is 5.32 Å². The lowest BCUT2D eigenvalue weighted by atomic mass is 10.2. The predicted molar refractivity (Wildman–Crippen MR) is 61.7 cm³/mol. The van der Waals surface area contributed by atoms with Crippen LogP contribution in [0.2, 0.25) is 0 Å². The number of Topliss-reactive ketones (excluding diaryl/α,β-unsaturated/α-hetero) is 1. The van der Waals surface area contributed by atoms with Gasteiger partial charge in [-0.15, -0.1) is 0 Å². The summed E-state index contributed by atoms with van der Waals surface area (Å²) in [6, 6.07) is 8.07. The first-order valence-corrected chi connectivity index (χ1v) is 5.32. The van der Waals surface area contributed by atoms with E-state index in [4.69, 9.17) is 0 Å². The fourth-order valence-corrected chi connectivity index (χ4v) is 1.79. The molecule has 1 saturated carbocycles. The number of hydrogen-bond acceptors (Lipinski definition) is 2. The smallest absolute Gasteiger partial charge is 0.160 e. The Kier molecular flexibility index (Phi) is 2.86. The number of carbonyl (C=O) groups is 1. The Bertz CT molecular complexity index is 407. The second-order valence-electron chi connectivity index (χ2n) is 3.91. The van der Waals surface area contributed by atoms with Crippen LogP contribution in [0.15, 0.2) is 36.0 Å². The van der Waals surface area contributed by atoms with E-state index in [2.05, 4.69) is 18.3 Å². The van der Waals surface area contributed by atoms with E-state index in [1.54, 1.807) is 0 Å². The van der Waals surface area contributed by atoms with E-state index in [1.807, 2.05) is 24.4 Å². The lowest BCUT2D eigenvalue weighted by Gasteiger charge is -2.05. The second-order valence-corrected chi connectivity index (χ2v) is 3.91. The summed E-state index contributed by atoms with van der Waals surface area (Å²) in [6.07, 6.45) is 4.48. The summed E-state index contributed by atoms with van der Waals surface area (Å²) >= 11 is 0. The zero-order valence-electron chi connectivity index (χ0n) is 8.92. The van der Waals surface area contributed by atoms with Gasteiger partial charge in [-0.05, 0) is 31.4 Å². The van der Waals surface area contributed by atoms with Gasteiger partial charge in [0.25, 0.3) is 0 Å². The number of para-hydroxylation sites is 1. The minimum absolute atomic E-state index is 0.288. The maximum Gasteiger partial charge on any atom is 0.160 e. The average molecular weight is 201 g/mol. The Labute approximate surface area is 90.0 Å². The molecule has 15 heavy (non-hydrogen) atoms. The molecule has 0 bridgehead atoms. The molecular weight excluding hydrogens is 186 g/mol. The molecular formula is C13H15NO. The predicted octanol–water partition coefficient (Wildman–Crippen LogP) is 3.04. The number of benzene rings is 1. The van der Waals surface area contributed by atoms with Gasteiger partial charge in [0.1, 0.15) is 0 Å². The third-order valence-electron chi connectivity index (χ3n) is 2.76. The first-order valence-electron chi connectivity index (χ1n) is 5.32. The van der Waals surface area contributed by atoms with E-state index in [0.717, 1.165) is 24.1 Å². The summed E-state index contributed by atoms with van der Waals surface area (Å²) in [6.45, 7) is 2.05. The molecule has 2 nitrogen and oxygen atoms in total. The average Bonchev–Trinajstić information content (AvgIpc) is 2.63. The molecule has 1 aromatic rings. The molecule has 0 atom stereocenters. The van der Waals surface area contributed by atoms with E-state index in [1.165, 1.54) is 5.56 Å². The number of nitrogens with one attached hydrogen (secondary N) is 1. The standard InChI is InChI=1S/C13H15NO/c1-10-5-2-3-7-12(10)14-9-11-6-4-8-13(11)15/h2-3,5,7,9,14H,4,6,8H2,1H3/b11-9-. The molecule has 1 aromatic carbocycles. The Balaban J connectivity index is 2.10. The molecule has 0 radical (unpaired) electrons. The third-order valence-corrected chi connectivity index (χ3v) is 2.76. The van der Waals surface area contributed by atoms with Gasteiger partial charge in [0, 0.05) is 23.9 Å². The molecule has 1 aliphatic carbocycles. The third kappa shape index (κ3) is 2.27. The number of aryl methyl sites for hydroxylation is 1. The number of ketones is 1. The van der Waals surface area contributed by atoms with Gasteiger partial charge in [0.15, 0.2) is 5.78 Å². The van der Waals surface area contributed by atoms with Gasteiger partial charge in [-0.1, -0.05) is 18.2 Å². The van der Waals surface area contributed by atoms with Gasteiger partial charge in [0.2, 0.25) is 0 Å². The fraction of sp³-hybridized carbons (Fsp3) is 0.308. The Morgan fingerprint density at radius 2 is 2.07 bits per heavy atom. The largest absolute Gasteiger partial charge is 0.361 e. The molecule has 0 aliphatic heterocycles. The zero-order valence-corrected chi connectivity index (χ0v) is 8.92. The minimum atomic E-state index is 0.288. The van der Waals surface area contributed by atoms with Gasteiger partial charge in [0.05, 0.1) is 0 Å². The highest BCUT2D eigenvalue weighted by molar-refractivity contribution is 5.97. The summed E-state index contributed by atoms with van der Waals surface area (Å²) < 4.78 is 0. The first-order chi connectivity index (χ1) is 7.27. The number of rotatable bonds is 2. The van der Waals surface area contributed by atoms with Crippen molar-refractivity contribution in [2.45, 2.75) is 26.2 Å². The summed E-state index contributed by atoms with van der Waals surface area (Å²) in [5, 5.41) is 3.20. The molecule has 0 saturated heterocycles. The quantitative estimate of drug-likeness (QED) is 0.745. The highest BCUT2D eigenvalue weighted by Crippen LogP contribution is 2.21. The molecule has 0 heterocycles. The van der Waals surface area contributed by atoms with Crippen molar-refractivity contribution in [2.75, 3.05) is 5.32 Å². The molecule has 2 rings (SSSR count). The van der Waals surface area contributed by atoms with Gasteiger partial charge in [-0.2, -0.15) is 0 Å². The zero-order chi connectivity index (χ0) is 10.7. The van der Waals surface area contributed by atoms with Crippen LogP contribution in [-0.4, -0.2) is 5.78 Å². The second kappa shape index (κ2) is 4.30. The monoisotopic (exact) mass is 201 g/mol. The van der Waals surface area contributed by atoms with Crippen molar-refractivity contribution < 1.29 is 4.79 Å². The van der Waals surface area contributed by atoms with Crippen molar-refractivity contribution in [3.63, 3.8) is 0 Å². The van der Waals surface area contributed by atoms with Crippen molar-refractivity contribution in [3.8, 4) is 0 Å². The van der Waals surface area contributed by atoms with Crippen LogP contribution in [0, 0.1) is 6.92 Å². The van der Waals surface area contributed by atoms with Gasteiger partial charge >= 0.3 is 0 Å². The maximum absolute atomic E-state index is 11.4. The molecule has 1 fully saturated rings. The molecule has 0 spiro atoms. The van der Waals surface area contributed by atoms with Crippen molar-refractivity contribution in [3.05, 3.63) is 41.6 Å². The molecule has 1 aliphatic rings. The van der Waals surface area contributed by atoms with Crippen LogP contribution in [0.1, 0.15) is 24.8 Å². The topological polar surface area (TPSA) is 29.1 Å². The Morgan fingerprint density at radius 1 is 1.27 bits per heavy atom. The molecule has 0 amide bonds. The summed E-state index contributed by atoms with van der Waals surface area (Å²) in [7, 11) is 0. The number of anilines is 1. The number of allylic oxidation sites excluding steroid dienone is 1. The van der Waals surface area contributed by atoms with Crippen molar-refractivity contribution in [1.29, 1.82) is 0 Å². The normalized spacial score (nSPS) is 18.5. The van der Waals surface area contributed by atoms with Crippen LogP contribution >= 0.6 is 0 Å². The molecule has 2 heteroatoms. The highest BCUT2D eigenvalue weighted by atomic mass is 16.1. The molecule has 1 N–H and O–H groups in total. The van der Waals surface area contributed by atoms with E-state index >= 15 is 0 Å². The summed E-state index contributed by atoms with van der Waals surface area (Å²) in [5.74, 6) is 0.288. The van der Waals surface area contributed by atoms with Gasteiger partial charge in [-0.3, -0.25) is 4.79 Å². The Hall–Kier alpha value is -1.57. The first kappa shape index (κ1) is 9.97. The van der Waals surface area contributed by atoms with Gasteiger partial charge < -0.3 is 5.32 Å². The fourth-order valence-electron chi connectivity index (χ4n) is 1.79. The molecule has 0 aromatic heterocycles. The van der Waals surface area contributed by atoms with E-state index < -0.39 is 0 Å². The van der Waals surface area contributed by atoms with Gasteiger partial charge in [-0.25, -0.2) is 0 Å². The van der Waals surface area contributed by atoms with Crippen LogP contribution in [0.3, 0.4) is 0 Å². The van der Waals surface area contributed by atoms with Crippen LogP contribution in [0.5, 0.6) is 0 Å². The van der Waals surface area contributed by atoms with Crippen molar-refractivity contribution in [2.24, 2.45) is 0 Å². The van der Waals surface area contributed by atoms with Crippen LogP contribution in [0.25, 0.3) is 0 Å². The highest BCUT2D eigenvalue weighted by Gasteiger charge is 2.16. The minimum Gasteiger partial charge on any atom is -0.361 e. The maximum atomic E-state index is 11.4. The van der Waals surface area contributed by atoms with Crippen LogP contribution in [-0.2, 0) is 4.79 Å². The molecule has 0 unspecified atom stereocenters. The summed E-state index contributed by atoms with van der Waals surface area (Å²) in [5.41, 5.74) is 3.20. The molecule has 78 valence electrons. The van der Waals surface area contributed by atoms with E-state index in [9.17, 15) is 4.79 Å². The van der Waals surface area contributed by atoms with Crippen LogP contribution in [0.4, 0.5) is 5.69 Å². The number of carbonyl (C=O) groups excluding carboxylic acids is 1. The van der Waals surface area contributed by atoms with E-state index in [-0.39, 0.29) is 5.78 Å².